The van der Waals surface area contributed by atoms with Crippen LogP contribution in [0.15, 0.2) is 43.2 Å². The molecule has 0 radical (unpaired) electrons. The van der Waals surface area contributed by atoms with E-state index >= 15 is 0 Å². The number of rotatable bonds is 4. The molecular formula is C15H14N2O4. The molecule has 2 aromatic rings. The van der Waals surface area contributed by atoms with Crippen molar-refractivity contribution < 1.29 is 18.9 Å². The fourth-order valence-corrected chi connectivity index (χ4v) is 2.13. The minimum Gasteiger partial charge on any atom is -0.496 e. The Labute approximate surface area is 122 Å². The van der Waals surface area contributed by atoms with E-state index in [0.717, 1.165) is 11.1 Å². The SMILES string of the molecule is COc1cc(OC)c(C2OC=CO2)cc1-c1cnccn1. The van der Waals surface area contributed by atoms with Crippen LogP contribution in [0.25, 0.3) is 11.3 Å². The van der Waals surface area contributed by atoms with Crippen molar-refractivity contribution in [2.24, 2.45) is 0 Å². The van der Waals surface area contributed by atoms with Gasteiger partial charge < -0.3 is 18.9 Å². The average molecular weight is 286 g/mol. The van der Waals surface area contributed by atoms with E-state index in [0.29, 0.717) is 17.2 Å². The van der Waals surface area contributed by atoms with Gasteiger partial charge in [-0.2, -0.15) is 0 Å². The molecule has 2 heterocycles. The Morgan fingerprint density at radius 2 is 1.76 bits per heavy atom. The number of methoxy groups -OCH3 is 2. The van der Waals surface area contributed by atoms with Crippen LogP contribution in [0, 0.1) is 0 Å². The number of nitrogens with zero attached hydrogens (tertiary/aromatic N) is 2. The molecule has 1 aromatic heterocycles. The lowest BCUT2D eigenvalue weighted by Gasteiger charge is -2.17. The van der Waals surface area contributed by atoms with Crippen molar-refractivity contribution >= 4 is 0 Å². The second-order valence-corrected chi connectivity index (χ2v) is 4.26. The molecule has 3 rings (SSSR count). The second-order valence-electron chi connectivity index (χ2n) is 4.26. The van der Waals surface area contributed by atoms with E-state index in [1.165, 1.54) is 12.5 Å². The van der Waals surface area contributed by atoms with Gasteiger partial charge in [-0.15, -0.1) is 0 Å². The summed E-state index contributed by atoms with van der Waals surface area (Å²) in [5.41, 5.74) is 2.24. The first kappa shape index (κ1) is 13.2. The maximum atomic E-state index is 5.41. The highest BCUT2D eigenvalue weighted by Crippen LogP contribution is 2.40. The van der Waals surface area contributed by atoms with E-state index in [4.69, 9.17) is 18.9 Å². The van der Waals surface area contributed by atoms with Crippen LogP contribution in [0.3, 0.4) is 0 Å². The largest absolute Gasteiger partial charge is 0.496 e. The first-order chi connectivity index (χ1) is 10.3. The number of ether oxygens (including phenoxy) is 4. The van der Waals surface area contributed by atoms with Gasteiger partial charge in [0.1, 0.15) is 24.0 Å². The van der Waals surface area contributed by atoms with Crippen LogP contribution in [0.1, 0.15) is 11.9 Å². The fraction of sp³-hybridized carbons (Fsp3) is 0.200. The Balaban J connectivity index is 2.12. The van der Waals surface area contributed by atoms with E-state index in [1.807, 2.05) is 6.07 Å². The summed E-state index contributed by atoms with van der Waals surface area (Å²) >= 11 is 0. The molecule has 6 heteroatoms. The zero-order valence-corrected chi connectivity index (χ0v) is 11.6. The molecule has 0 bridgehead atoms. The molecular weight excluding hydrogens is 272 g/mol. The third kappa shape index (κ3) is 2.47. The third-order valence-corrected chi connectivity index (χ3v) is 3.10. The predicted octanol–water partition coefficient (Wildman–Crippen LogP) is 2.68. The molecule has 0 aliphatic carbocycles. The van der Waals surface area contributed by atoms with E-state index in [-0.39, 0.29) is 0 Å². The summed E-state index contributed by atoms with van der Waals surface area (Å²) in [7, 11) is 3.18. The Morgan fingerprint density at radius 1 is 1.00 bits per heavy atom. The lowest BCUT2D eigenvalue weighted by atomic mass is 10.1. The van der Waals surface area contributed by atoms with E-state index in [1.54, 1.807) is 38.9 Å². The number of aromatic nitrogens is 2. The molecule has 0 unspecified atom stereocenters. The average Bonchev–Trinajstić information content (AvgIpc) is 3.08. The summed E-state index contributed by atoms with van der Waals surface area (Å²) in [4.78, 5) is 8.38. The van der Waals surface area contributed by atoms with Gasteiger partial charge >= 0.3 is 0 Å². The normalized spacial score (nSPS) is 13.6. The smallest absolute Gasteiger partial charge is 0.269 e. The maximum Gasteiger partial charge on any atom is 0.269 e. The minimum absolute atomic E-state index is 0.540. The summed E-state index contributed by atoms with van der Waals surface area (Å²) in [6.45, 7) is 0. The lowest BCUT2D eigenvalue weighted by Crippen LogP contribution is -2.03. The van der Waals surface area contributed by atoms with E-state index < -0.39 is 6.29 Å². The first-order valence-corrected chi connectivity index (χ1v) is 6.31. The number of hydrogen-bond acceptors (Lipinski definition) is 6. The highest BCUT2D eigenvalue weighted by atomic mass is 16.7. The number of benzene rings is 1. The summed E-state index contributed by atoms with van der Waals surface area (Å²) < 4.78 is 21.6. The molecule has 0 saturated heterocycles. The maximum absolute atomic E-state index is 5.41. The summed E-state index contributed by atoms with van der Waals surface area (Å²) in [5.74, 6) is 1.26. The summed E-state index contributed by atoms with van der Waals surface area (Å²) in [6.07, 6.45) is 7.37. The van der Waals surface area contributed by atoms with Crippen LogP contribution in [-0.4, -0.2) is 24.2 Å². The van der Waals surface area contributed by atoms with Crippen LogP contribution >= 0.6 is 0 Å². The molecule has 0 saturated carbocycles. The Bertz CT molecular complexity index is 650. The van der Waals surface area contributed by atoms with Crippen molar-refractivity contribution in [2.75, 3.05) is 14.2 Å². The lowest BCUT2D eigenvalue weighted by molar-refractivity contribution is -0.0261. The molecule has 1 aromatic carbocycles. The third-order valence-electron chi connectivity index (χ3n) is 3.10. The van der Waals surface area contributed by atoms with Gasteiger partial charge in [0.25, 0.3) is 6.29 Å². The summed E-state index contributed by atoms with van der Waals surface area (Å²) in [6, 6.07) is 3.66. The van der Waals surface area contributed by atoms with Gasteiger partial charge in [-0.05, 0) is 6.07 Å². The van der Waals surface area contributed by atoms with Crippen LogP contribution in [0.2, 0.25) is 0 Å². The Hall–Kier alpha value is -2.76. The molecule has 0 N–H and O–H groups in total. The fourth-order valence-electron chi connectivity index (χ4n) is 2.13. The zero-order chi connectivity index (χ0) is 14.7. The standard InChI is InChI=1S/C15H14N2O4/c1-18-13-8-14(19-2)11(15-20-5-6-21-15)7-10(13)12-9-16-3-4-17-12/h3-9,15H,1-2H3. The molecule has 0 fully saturated rings. The highest BCUT2D eigenvalue weighted by Gasteiger charge is 2.23. The Morgan fingerprint density at radius 3 is 2.38 bits per heavy atom. The molecule has 0 spiro atoms. The van der Waals surface area contributed by atoms with Crippen molar-refractivity contribution in [3.05, 3.63) is 48.8 Å². The zero-order valence-electron chi connectivity index (χ0n) is 11.6. The van der Waals surface area contributed by atoms with Crippen molar-refractivity contribution in [3.63, 3.8) is 0 Å². The van der Waals surface area contributed by atoms with Gasteiger partial charge in [-0.25, -0.2) is 0 Å². The number of hydrogen-bond donors (Lipinski definition) is 0. The van der Waals surface area contributed by atoms with Crippen molar-refractivity contribution in [1.82, 2.24) is 9.97 Å². The van der Waals surface area contributed by atoms with Gasteiger partial charge in [0, 0.05) is 24.0 Å². The molecule has 6 nitrogen and oxygen atoms in total. The van der Waals surface area contributed by atoms with Crippen molar-refractivity contribution in [3.8, 4) is 22.8 Å². The monoisotopic (exact) mass is 286 g/mol. The van der Waals surface area contributed by atoms with Gasteiger partial charge in [0.2, 0.25) is 0 Å². The van der Waals surface area contributed by atoms with Gasteiger partial charge in [-0.1, -0.05) is 0 Å². The topological polar surface area (TPSA) is 62.7 Å². The van der Waals surface area contributed by atoms with Gasteiger partial charge in [-0.3, -0.25) is 9.97 Å². The van der Waals surface area contributed by atoms with E-state index in [2.05, 4.69) is 9.97 Å². The minimum atomic E-state index is -0.540. The van der Waals surface area contributed by atoms with Gasteiger partial charge in [0.05, 0.1) is 31.7 Å². The summed E-state index contributed by atoms with van der Waals surface area (Å²) in [5, 5.41) is 0. The highest BCUT2D eigenvalue weighted by molar-refractivity contribution is 5.69. The van der Waals surface area contributed by atoms with Crippen LogP contribution in [-0.2, 0) is 9.47 Å². The van der Waals surface area contributed by atoms with Crippen molar-refractivity contribution in [1.29, 1.82) is 0 Å². The van der Waals surface area contributed by atoms with Crippen LogP contribution in [0.4, 0.5) is 0 Å². The van der Waals surface area contributed by atoms with Crippen LogP contribution in [0.5, 0.6) is 11.5 Å². The molecule has 1 aliphatic rings. The van der Waals surface area contributed by atoms with E-state index in [9.17, 15) is 0 Å². The molecule has 0 amide bonds. The first-order valence-electron chi connectivity index (χ1n) is 6.31. The molecule has 108 valence electrons. The molecule has 0 atom stereocenters. The Kier molecular flexibility index (Phi) is 3.59. The quantitative estimate of drug-likeness (QED) is 0.861. The second kappa shape index (κ2) is 5.70. The van der Waals surface area contributed by atoms with Crippen LogP contribution < -0.4 is 9.47 Å². The molecule has 1 aliphatic heterocycles. The van der Waals surface area contributed by atoms with Gasteiger partial charge in [0.15, 0.2) is 0 Å². The predicted molar refractivity (Wildman–Crippen MR) is 74.6 cm³/mol. The van der Waals surface area contributed by atoms with Crippen molar-refractivity contribution in [2.45, 2.75) is 6.29 Å². The molecule has 21 heavy (non-hydrogen) atoms.